The highest BCUT2D eigenvalue weighted by Gasteiger charge is 2.63. The van der Waals surface area contributed by atoms with E-state index in [-0.39, 0.29) is 10.6 Å². The summed E-state index contributed by atoms with van der Waals surface area (Å²) >= 11 is 6.87. The molecule has 2 aromatic heterocycles. The SMILES string of the molecule is COCc1cccc([C@@H]2CC2(NS(=O)(=O)c2ccc(-c3ccc(Cl)cn3)s2)C(=O)O)c1. The van der Waals surface area contributed by atoms with Gasteiger partial charge in [0, 0.05) is 19.2 Å². The van der Waals surface area contributed by atoms with E-state index in [1.54, 1.807) is 31.4 Å². The van der Waals surface area contributed by atoms with Gasteiger partial charge in [0.2, 0.25) is 0 Å². The van der Waals surface area contributed by atoms with Crippen LogP contribution in [0.15, 0.2) is 58.9 Å². The maximum absolute atomic E-state index is 13.0. The van der Waals surface area contributed by atoms with Gasteiger partial charge in [0.1, 0.15) is 9.75 Å². The van der Waals surface area contributed by atoms with Crippen molar-refractivity contribution in [3.05, 3.63) is 70.9 Å². The lowest BCUT2D eigenvalue weighted by atomic mass is 10.0. The van der Waals surface area contributed by atoms with Gasteiger partial charge in [-0.3, -0.25) is 9.78 Å². The first kappa shape index (κ1) is 21.9. The molecule has 31 heavy (non-hydrogen) atoms. The molecule has 1 aliphatic rings. The number of nitrogens with zero attached hydrogens (tertiary/aromatic N) is 1. The summed E-state index contributed by atoms with van der Waals surface area (Å²) in [4.78, 5) is 16.9. The van der Waals surface area contributed by atoms with Gasteiger partial charge in [-0.15, -0.1) is 11.3 Å². The molecule has 1 unspecified atom stereocenters. The van der Waals surface area contributed by atoms with Gasteiger partial charge in [-0.1, -0.05) is 35.9 Å². The van der Waals surface area contributed by atoms with E-state index in [1.165, 1.54) is 12.3 Å². The molecular weight excluding hydrogens is 460 g/mol. The van der Waals surface area contributed by atoms with Crippen LogP contribution in [0.1, 0.15) is 23.5 Å². The molecule has 7 nitrogen and oxygen atoms in total. The van der Waals surface area contributed by atoms with E-state index in [1.807, 2.05) is 18.2 Å². The summed E-state index contributed by atoms with van der Waals surface area (Å²) in [6, 6.07) is 13.8. The number of nitrogens with one attached hydrogen (secondary N) is 1. The topological polar surface area (TPSA) is 106 Å². The fraction of sp³-hybridized carbons (Fsp3) is 0.238. The van der Waals surface area contributed by atoms with Gasteiger partial charge in [0.05, 0.1) is 22.2 Å². The zero-order chi connectivity index (χ0) is 22.2. The fourth-order valence-electron chi connectivity index (χ4n) is 3.54. The Morgan fingerprint density at radius 1 is 1.32 bits per heavy atom. The molecule has 0 saturated heterocycles. The summed E-state index contributed by atoms with van der Waals surface area (Å²) in [5.74, 6) is -1.66. The molecule has 2 atom stereocenters. The number of aliphatic carboxylic acids is 1. The number of pyridine rings is 1. The molecule has 2 N–H and O–H groups in total. The first-order valence-corrected chi connectivity index (χ1v) is 12.0. The predicted octanol–water partition coefficient (Wildman–Crippen LogP) is 3.90. The molecule has 3 aromatic rings. The summed E-state index contributed by atoms with van der Waals surface area (Å²) in [6.07, 6.45) is 1.66. The van der Waals surface area contributed by atoms with Gasteiger partial charge in [0.25, 0.3) is 10.0 Å². The van der Waals surface area contributed by atoms with Crippen LogP contribution in [0.2, 0.25) is 5.02 Å². The molecule has 162 valence electrons. The van der Waals surface area contributed by atoms with E-state index < -0.39 is 27.4 Å². The Balaban J connectivity index is 1.58. The largest absolute Gasteiger partial charge is 0.480 e. The van der Waals surface area contributed by atoms with Gasteiger partial charge in [-0.2, -0.15) is 4.72 Å². The van der Waals surface area contributed by atoms with Gasteiger partial charge < -0.3 is 9.84 Å². The molecule has 0 radical (unpaired) electrons. The van der Waals surface area contributed by atoms with E-state index in [0.29, 0.717) is 22.2 Å². The Morgan fingerprint density at radius 3 is 2.81 bits per heavy atom. The number of carboxylic acids is 1. The smallest absolute Gasteiger partial charge is 0.325 e. The molecule has 0 amide bonds. The summed E-state index contributed by atoms with van der Waals surface area (Å²) in [5, 5.41) is 10.3. The first-order valence-electron chi connectivity index (χ1n) is 9.32. The number of aromatic nitrogens is 1. The number of benzene rings is 1. The zero-order valence-electron chi connectivity index (χ0n) is 16.4. The predicted molar refractivity (Wildman–Crippen MR) is 118 cm³/mol. The molecule has 0 bridgehead atoms. The molecule has 1 aliphatic carbocycles. The van der Waals surface area contributed by atoms with E-state index >= 15 is 0 Å². The Bertz CT molecular complexity index is 1230. The van der Waals surface area contributed by atoms with Crippen LogP contribution in [0.5, 0.6) is 0 Å². The summed E-state index contributed by atoms with van der Waals surface area (Å²) in [6.45, 7) is 0.392. The highest BCUT2D eigenvalue weighted by Crippen LogP contribution is 2.52. The lowest BCUT2D eigenvalue weighted by Gasteiger charge is -2.15. The van der Waals surface area contributed by atoms with Crippen molar-refractivity contribution >= 4 is 38.9 Å². The third kappa shape index (κ3) is 4.37. The summed E-state index contributed by atoms with van der Waals surface area (Å²) in [7, 11) is -2.47. The molecule has 1 fully saturated rings. The van der Waals surface area contributed by atoms with E-state index in [4.69, 9.17) is 16.3 Å². The monoisotopic (exact) mass is 478 g/mol. The van der Waals surface area contributed by atoms with E-state index in [0.717, 1.165) is 22.5 Å². The van der Waals surface area contributed by atoms with Crippen molar-refractivity contribution in [3.8, 4) is 10.6 Å². The lowest BCUT2D eigenvalue weighted by molar-refractivity contribution is -0.140. The number of rotatable bonds is 8. The molecule has 10 heteroatoms. The minimum Gasteiger partial charge on any atom is -0.480 e. The Labute approximate surface area is 188 Å². The minimum atomic E-state index is -4.05. The summed E-state index contributed by atoms with van der Waals surface area (Å²) in [5.41, 5.74) is 0.667. The maximum atomic E-state index is 13.0. The molecule has 0 spiro atoms. The second-order valence-corrected chi connectivity index (χ2v) is 10.7. The number of thiophene rings is 1. The average Bonchev–Trinajstić information content (AvgIpc) is 3.22. The van der Waals surface area contributed by atoms with Crippen molar-refractivity contribution in [1.82, 2.24) is 9.71 Å². The van der Waals surface area contributed by atoms with Crippen molar-refractivity contribution in [2.24, 2.45) is 0 Å². The van der Waals surface area contributed by atoms with Gasteiger partial charge in [-0.05, 0) is 41.8 Å². The number of methoxy groups -OCH3 is 1. The molecule has 1 saturated carbocycles. The highest BCUT2D eigenvalue weighted by molar-refractivity contribution is 7.91. The van der Waals surface area contributed by atoms with Crippen molar-refractivity contribution in [3.63, 3.8) is 0 Å². The van der Waals surface area contributed by atoms with Crippen LogP contribution in [0.25, 0.3) is 10.6 Å². The normalized spacial score (nSPS) is 20.5. The quantitative estimate of drug-likeness (QED) is 0.508. The number of hydrogen-bond acceptors (Lipinski definition) is 6. The average molecular weight is 479 g/mol. The second kappa shape index (κ2) is 8.33. The molecule has 2 heterocycles. The number of carboxylic acid groups (broad SMARTS) is 1. The zero-order valence-corrected chi connectivity index (χ0v) is 18.8. The second-order valence-electron chi connectivity index (χ2n) is 7.30. The Kier molecular flexibility index (Phi) is 5.89. The van der Waals surface area contributed by atoms with Crippen LogP contribution in [0.3, 0.4) is 0 Å². The Morgan fingerprint density at radius 2 is 2.13 bits per heavy atom. The maximum Gasteiger partial charge on any atom is 0.325 e. The minimum absolute atomic E-state index is 0.0265. The lowest BCUT2D eigenvalue weighted by Crippen LogP contribution is -2.44. The third-order valence-corrected chi connectivity index (χ3v) is 8.48. The van der Waals surface area contributed by atoms with Gasteiger partial charge in [0.15, 0.2) is 0 Å². The standard InChI is InChI=1S/C21H19ClN2O5S2/c1-29-12-13-3-2-4-14(9-13)16-10-21(16,20(25)26)24-31(27,28)19-8-7-18(30-19)17-6-5-15(22)11-23-17/h2-9,11,16,24H,10,12H2,1H3,(H,25,26)/t16-,21?/m0/s1. The number of carbonyl (C=O) groups is 1. The van der Waals surface area contributed by atoms with Crippen molar-refractivity contribution in [1.29, 1.82) is 0 Å². The van der Waals surface area contributed by atoms with Crippen molar-refractivity contribution in [2.75, 3.05) is 7.11 Å². The van der Waals surface area contributed by atoms with Gasteiger partial charge >= 0.3 is 5.97 Å². The van der Waals surface area contributed by atoms with Crippen molar-refractivity contribution in [2.45, 2.75) is 28.7 Å². The van der Waals surface area contributed by atoms with Crippen LogP contribution >= 0.6 is 22.9 Å². The van der Waals surface area contributed by atoms with Crippen LogP contribution in [0.4, 0.5) is 0 Å². The van der Waals surface area contributed by atoms with Crippen LogP contribution in [-0.4, -0.2) is 37.1 Å². The van der Waals surface area contributed by atoms with Crippen LogP contribution in [-0.2, 0) is 26.2 Å². The molecule has 0 aliphatic heterocycles. The number of sulfonamides is 1. The van der Waals surface area contributed by atoms with Crippen molar-refractivity contribution < 1.29 is 23.1 Å². The fourth-order valence-corrected chi connectivity index (χ4v) is 6.34. The van der Waals surface area contributed by atoms with E-state index in [9.17, 15) is 18.3 Å². The number of halogens is 1. The Hall–Kier alpha value is -2.30. The first-order chi connectivity index (χ1) is 14.7. The third-order valence-electron chi connectivity index (χ3n) is 5.15. The highest BCUT2D eigenvalue weighted by atomic mass is 35.5. The summed E-state index contributed by atoms with van der Waals surface area (Å²) < 4.78 is 33.6. The molecule has 4 rings (SSSR count). The van der Waals surface area contributed by atoms with E-state index in [2.05, 4.69) is 9.71 Å². The van der Waals surface area contributed by atoms with Gasteiger partial charge in [-0.25, -0.2) is 8.42 Å². The molecular formula is C21H19ClN2O5S2. The van der Waals surface area contributed by atoms with Crippen LogP contribution in [0, 0.1) is 0 Å². The van der Waals surface area contributed by atoms with Crippen LogP contribution < -0.4 is 4.72 Å². The number of ether oxygens (including phenoxy) is 1. The molecule has 1 aromatic carbocycles. The number of hydrogen-bond donors (Lipinski definition) is 2.